The minimum atomic E-state index is -1.05. The van der Waals surface area contributed by atoms with Crippen molar-refractivity contribution >= 4 is 12.0 Å². The lowest BCUT2D eigenvalue weighted by atomic mass is 10.00. The number of amides is 2. The summed E-state index contributed by atoms with van der Waals surface area (Å²) in [6, 6.07) is 7.94. The molecule has 26 heavy (non-hydrogen) atoms. The highest BCUT2D eigenvalue weighted by atomic mass is 19.1. The standard InChI is InChI=1S/C19H26FN3O3/c1-2-26-19(25)21-10-17-9-16(20)12-23(17)18(24)13-22-8-7-14-5-3-4-6-15(14)11-22/h3-6,16-17H,2,7-13H2,1H3,(H,21,25)/t16-,17-/m0/s1. The van der Waals surface area contributed by atoms with Crippen LogP contribution in [0.5, 0.6) is 0 Å². The summed E-state index contributed by atoms with van der Waals surface area (Å²) in [4.78, 5) is 27.8. The smallest absolute Gasteiger partial charge is 0.407 e. The Balaban J connectivity index is 1.55. The number of nitrogens with zero attached hydrogens (tertiary/aromatic N) is 2. The normalized spacial score (nSPS) is 22.8. The van der Waals surface area contributed by atoms with E-state index in [-0.39, 0.29) is 44.6 Å². The number of hydrogen-bond donors (Lipinski definition) is 1. The van der Waals surface area contributed by atoms with E-state index in [0.29, 0.717) is 0 Å². The summed E-state index contributed by atoms with van der Waals surface area (Å²) in [6.45, 7) is 4.14. The zero-order valence-corrected chi connectivity index (χ0v) is 15.1. The topological polar surface area (TPSA) is 61.9 Å². The highest BCUT2D eigenvalue weighted by Gasteiger charge is 2.36. The molecule has 0 spiro atoms. The molecule has 0 saturated carbocycles. The largest absolute Gasteiger partial charge is 0.450 e. The zero-order chi connectivity index (χ0) is 18.5. The van der Waals surface area contributed by atoms with E-state index < -0.39 is 12.3 Å². The van der Waals surface area contributed by atoms with Gasteiger partial charge < -0.3 is 15.0 Å². The number of likely N-dealkylation sites (tertiary alicyclic amines) is 1. The summed E-state index contributed by atoms with van der Waals surface area (Å²) in [7, 11) is 0. The minimum absolute atomic E-state index is 0.0832. The van der Waals surface area contributed by atoms with Crippen molar-refractivity contribution in [3.63, 3.8) is 0 Å². The van der Waals surface area contributed by atoms with Crippen molar-refractivity contribution in [2.45, 2.75) is 38.5 Å². The summed E-state index contributed by atoms with van der Waals surface area (Å²) in [5.74, 6) is -0.0832. The van der Waals surface area contributed by atoms with Gasteiger partial charge in [-0.05, 0) is 24.5 Å². The Morgan fingerprint density at radius 2 is 2.08 bits per heavy atom. The second-order valence-corrected chi connectivity index (χ2v) is 6.86. The molecule has 1 saturated heterocycles. The summed E-state index contributed by atoms with van der Waals surface area (Å²) < 4.78 is 18.7. The van der Waals surface area contributed by atoms with E-state index >= 15 is 0 Å². The van der Waals surface area contributed by atoms with Crippen LogP contribution in [0.15, 0.2) is 24.3 Å². The summed E-state index contributed by atoms with van der Waals surface area (Å²) in [6.07, 6.45) is -0.408. The predicted molar refractivity (Wildman–Crippen MR) is 95.5 cm³/mol. The van der Waals surface area contributed by atoms with Crippen LogP contribution < -0.4 is 5.32 Å². The van der Waals surface area contributed by atoms with Crippen molar-refractivity contribution in [3.05, 3.63) is 35.4 Å². The average molecular weight is 363 g/mol. The van der Waals surface area contributed by atoms with E-state index in [2.05, 4.69) is 22.3 Å². The Morgan fingerprint density at radius 3 is 2.85 bits per heavy atom. The third kappa shape index (κ3) is 4.52. The van der Waals surface area contributed by atoms with Gasteiger partial charge >= 0.3 is 6.09 Å². The van der Waals surface area contributed by atoms with Gasteiger partial charge in [-0.1, -0.05) is 24.3 Å². The van der Waals surface area contributed by atoms with Gasteiger partial charge in [0.1, 0.15) is 6.17 Å². The van der Waals surface area contributed by atoms with Crippen molar-refractivity contribution in [2.75, 3.05) is 32.8 Å². The van der Waals surface area contributed by atoms with E-state index in [0.717, 1.165) is 19.5 Å². The average Bonchev–Trinajstić information content (AvgIpc) is 3.01. The van der Waals surface area contributed by atoms with Crippen LogP contribution in [0.3, 0.4) is 0 Å². The lowest BCUT2D eigenvalue weighted by Crippen LogP contribution is -2.47. The molecule has 2 atom stereocenters. The first-order valence-corrected chi connectivity index (χ1v) is 9.20. The lowest BCUT2D eigenvalue weighted by molar-refractivity contribution is -0.133. The third-order valence-electron chi connectivity index (χ3n) is 5.01. The van der Waals surface area contributed by atoms with Gasteiger partial charge in [0.05, 0.1) is 25.7 Å². The Kier molecular flexibility index (Phi) is 6.08. The predicted octanol–water partition coefficient (Wildman–Crippen LogP) is 1.73. The molecule has 0 radical (unpaired) electrons. The van der Waals surface area contributed by atoms with Crippen LogP contribution in [0.25, 0.3) is 0 Å². The first-order chi connectivity index (χ1) is 12.6. The molecule has 2 heterocycles. The van der Waals surface area contributed by atoms with Crippen molar-refractivity contribution in [2.24, 2.45) is 0 Å². The number of alkyl carbamates (subject to hydrolysis) is 1. The number of rotatable bonds is 5. The summed E-state index contributed by atoms with van der Waals surface area (Å²) in [5.41, 5.74) is 2.58. The van der Waals surface area contributed by atoms with Crippen LogP contribution in [-0.2, 0) is 22.5 Å². The number of carbonyl (C=O) groups excluding carboxylic acids is 2. The Labute approximate surface area is 153 Å². The van der Waals surface area contributed by atoms with Crippen molar-refractivity contribution < 1.29 is 18.7 Å². The number of alkyl halides is 1. The third-order valence-corrected chi connectivity index (χ3v) is 5.01. The number of halogens is 1. The van der Waals surface area contributed by atoms with Crippen molar-refractivity contribution in [1.82, 2.24) is 15.1 Å². The quantitative estimate of drug-likeness (QED) is 0.866. The van der Waals surface area contributed by atoms with Gasteiger partial charge in [0.2, 0.25) is 5.91 Å². The molecule has 2 amide bonds. The first-order valence-electron chi connectivity index (χ1n) is 9.20. The lowest BCUT2D eigenvalue weighted by Gasteiger charge is -2.31. The Hall–Kier alpha value is -2.15. The molecular formula is C19H26FN3O3. The molecule has 1 fully saturated rings. The molecule has 0 aromatic heterocycles. The van der Waals surface area contributed by atoms with Crippen LogP contribution in [0, 0.1) is 0 Å². The second-order valence-electron chi connectivity index (χ2n) is 6.86. The van der Waals surface area contributed by atoms with Crippen LogP contribution in [0.2, 0.25) is 0 Å². The molecular weight excluding hydrogens is 337 g/mol. The number of nitrogens with one attached hydrogen (secondary N) is 1. The van der Waals surface area contributed by atoms with E-state index in [1.807, 2.05) is 12.1 Å². The van der Waals surface area contributed by atoms with Crippen molar-refractivity contribution in [3.8, 4) is 0 Å². The number of benzene rings is 1. The van der Waals surface area contributed by atoms with Crippen molar-refractivity contribution in [1.29, 1.82) is 0 Å². The molecule has 6 nitrogen and oxygen atoms in total. The highest BCUT2D eigenvalue weighted by molar-refractivity contribution is 5.79. The fourth-order valence-corrected chi connectivity index (χ4v) is 3.71. The second kappa shape index (κ2) is 8.49. The fraction of sp³-hybridized carbons (Fsp3) is 0.579. The SMILES string of the molecule is CCOC(=O)NC[C@@H]1C[C@H](F)CN1C(=O)CN1CCc2ccccc2C1. The van der Waals surface area contributed by atoms with Crippen LogP contribution in [0.1, 0.15) is 24.5 Å². The van der Waals surface area contributed by atoms with E-state index in [4.69, 9.17) is 4.74 Å². The Morgan fingerprint density at radius 1 is 1.31 bits per heavy atom. The summed E-state index contributed by atoms with van der Waals surface area (Å²) >= 11 is 0. The van der Waals surface area contributed by atoms with Gasteiger partial charge in [-0.15, -0.1) is 0 Å². The first kappa shape index (κ1) is 18.6. The summed E-state index contributed by atoms with van der Waals surface area (Å²) in [5, 5.41) is 2.61. The zero-order valence-electron chi connectivity index (χ0n) is 15.1. The van der Waals surface area contributed by atoms with Gasteiger partial charge in [-0.3, -0.25) is 9.69 Å². The fourth-order valence-electron chi connectivity index (χ4n) is 3.71. The number of fused-ring (bicyclic) bond motifs is 1. The molecule has 0 bridgehead atoms. The van der Waals surface area contributed by atoms with E-state index in [1.165, 1.54) is 11.1 Å². The molecule has 2 aliphatic rings. The van der Waals surface area contributed by atoms with E-state index in [1.54, 1.807) is 11.8 Å². The molecule has 7 heteroatoms. The molecule has 142 valence electrons. The molecule has 0 aliphatic carbocycles. The minimum Gasteiger partial charge on any atom is -0.450 e. The monoisotopic (exact) mass is 363 g/mol. The number of ether oxygens (including phenoxy) is 1. The van der Waals surface area contributed by atoms with Gasteiger partial charge in [-0.2, -0.15) is 0 Å². The van der Waals surface area contributed by atoms with Crippen LogP contribution in [0.4, 0.5) is 9.18 Å². The van der Waals surface area contributed by atoms with Crippen LogP contribution >= 0.6 is 0 Å². The maximum Gasteiger partial charge on any atom is 0.407 e. The molecule has 2 aliphatic heterocycles. The van der Waals surface area contributed by atoms with Gasteiger partial charge in [-0.25, -0.2) is 9.18 Å². The maximum absolute atomic E-state index is 13.9. The number of carbonyl (C=O) groups is 2. The number of hydrogen-bond acceptors (Lipinski definition) is 4. The molecule has 1 aromatic rings. The molecule has 1 N–H and O–H groups in total. The van der Waals surface area contributed by atoms with E-state index in [9.17, 15) is 14.0 Å². The molecule has 1 aromatic carbocycles. The molecule has 0 unspecified atom stereocenters. The van der Waals surface area contributed by atoms with Gasteiger partial charge in [0.25, 0.3) is 0 Å². The van der Waals surface area contributed by atoms with Gasteiger partial charge in [0.15, 0.2) is 0 Å². The van der Waals surface area contributed by atoms with Gasteiger partial charge in [0, 0.05) is 26.1 Å². The Bertz CT molecular complexity index is 655. The molecule has 3 rings (SSSR count). The van der Waals surface area contributed by atoms with Crippen LogP contribution in [-0.4, -0.2) is 66.8 Å². The maximum atomic E-state index is 13.9. The highest BCUT2D eigenvalue weighted by Crippen LogP contribution is 2.22.